The molecule has 236 valence electrons. The number of primary amides is 1. The molecule has 3 N–H and O–H groups in total. The van der Waals surface area contributed by atoms with E-state index in [1.54, 1.807) is 31.0 Å². The Morgan fingerprint density at radius 1 is 1.05 bits per heavy atom. The van der Waals surface area contributed by atoms with Crippen molar-refractivity contribution < 1.29 is 22.8 Å². The van der Waals surface area contributed by atoms with Crippen LogP contribution in [0.2, 0.25) is 0 Å². The molecule has 0 saturated carbocycles. The first-order chi connectivity index (χ1) is 19.8. The largest absolute Gasteiger partial charge is 0.416 e. The topological polar surface area (TPSA) is 88.3 Å². The summed E-state index contributed by atoms with van der Waals surface area (Å²) >= 11 is 0. The minimum Gasteiger partial charge on any atom is -0.366 e. The minimum absolute atomic E-state index is 0.00740. The van der Waals surface area contributed by atoms with Crippen LogP contribution in [0.4, 0.5) is 13.2 Å². The number of nitrogens with zero attached hydrogens (tertiary/aromatic N) is 2. The predicted octanol–water partition coefficient (Wildman–Crippen LogP) is 8.23. The van der Waals surface area contributed by atoms with Crippen molar-refractivity contribution in [3.8, 4) is 11.1 Å². The minimum atomic E-state index is -4.55. The van der Waals surface area contributed by atoms with Gasteiger partial charge in [0.05, 0.1) is 17.3 Å². The number of pyridine rings is 1. The highest BCUT2D eigenvalue weighted by Crippen LogP contribution is 2.40. The molecule has 2 fully saturated rings. The number of nitrogens with one attached hydrogen (secondary N) is 1. The number of hydrogen-bond acceptors (Lipinski definition) is 4. The van der Waals surface area contributed by atoms with E-state index in [-0.39, 0.29) is 23.1 Å². The van der Waals surface area contributed by atoms with Gasteiger partial charge in [0.15, 0.2) is 0 Å². The van der Waals surface area contributed by atoms with E-state index < -0.39 is 23.2 Å². The van der Waals surface area contributed by atoms with Crippen LogP contribution < -0.4 is 11.1 Å². The molecule has 1 aromatic heterocycles. The summed E-state index contributed by atoms with van der Waals surface area (Å²) in [5.74, 6) is -0.756. The molecule has 4 rings (SSSR count). The van der Waals surface area contributed by atoms with E-state index >= 15 is 0 Å². The molecule has 1 aromatic carbocycles. The van der Waals surface area contributed by atoms with Crippen molar-refractivity contribution in [1.82, 2.24) is 15.2 Å². The highest BCUT2D eigenvalue weighted by atomic mass is 19.4. The molecule has 6 nitrogen and oxygen atoms in total. The number of aromatic nitrogens is 1. The van der Waals surface area contributed by atoms with Crippen LogP contribution in [-0.2, 0) is 11.0 Å². The molecule has 9 heteroatoms. The first-order valence-electron chi connectivity index (χ1n) is 15.4. The third-order valence-electron chi connectivity index (χ3n) is 7.40. The summed E-state index contributed by atoms with van der Waals surface area (Å²) in [7, 11) is 1.77. The molecule has 0 aliphatic carbocycles. The summed E-state index contributed by atoms with van der Waals surface area (Å²) in [5.41, 5.74) is 5.72. The summed E-state index contributed by atoms with van der Waals surface area (Å²) in [6.45, 7) is 15.2. The lowest BCUT2D eigenvalue weighted by Gasteiger charge is -2.23. The molecule has 0 bridgehead atoms. The van der Waals surface area contributed by atoms with E-state index in [1.165, 1.54) is 32.1 Å². The number of nitrogens with two attached hydrogens (primary N) is 1. The molecule has 2 saturated heterocycles. The van der Waals surface area contributed by atoms with E-state index in [0.29, 0.717) is 42.8 Å². The van der Waals surface area contributed by atoms with Gasteiger partial charge < -0.3 is 10.6 Å². The summed E-state index contributed by atoms with van der Waals surface area (Å²) in [6, 6.07) is 5.99. The Hall–Kier alpha value is -2.94. The van der Waals surface area contributed by atoms with Crippen LogP contribution in [0.3, 0.4) is 0 Å². The highest BCUT2D eigenvalue weighted by molar-refractivity contribution is 6.00. The van der Waals surface area contributed by atoms with Crippen molar-refractivity contribution in [2.45, 2.75) is 118 Å². The molecule has 1 unspecified atom stereocenters. The number of likely N-dealkylation sites (N-methyl/N-ethyl adjacent to an activating group) is 1. The molecule has 42 heavy (non-hydrogen) atoms. The number of amides is 2. The van der Waals surface area contributed by atoms with E-state index in [1.807, 2.05) is 13.8 Å². The third-order valence-corrected chi connectivity index (χ3v) is 7.40. The van der Waals surface area contributed by atoms with Gasteiger partial charge in [0, 0.05) is 24.8 Å². The predicted molar refractivity (Wildman–Crippen MR) is 165 cm³/mol. The molecule has 1 spiro atoms. The second kappa shape index (κ2) is 17.2. The highest BCUT2D eigenvalue weighted by Gasteiger charge is 2.50. The van der Waals surface area contributed by atoms with Gasteiger partial charge in [-0.15, -0.1) is 0 Å². The Morgan fingerprint density at radius 2 is 1.67 bits per heavy atom. The maximum absolute atomic E-state index is 13.3. The molecule has 2 aromatic rings. The monoisotopic (exact) mass is 592 g/mol. The summed E-state index contributed by atoms with van der Waals surface area (Å²) < 4.78 is 39.9. The fourth-order valence-corrected chi connectivity index (χ4v) is 4.94. The smallest absolute Gasteiger partial charge is 0.366 e. The van der Waals surface area contributed by atoms with Gasteiger partial charge in [0.25, 0.3) is 0 Å². The van der Waals surface area contributed by atoms with Crippen molar-refractivity contribution in [1.29, 1.82) is 0 Å². The molecular weight excluding hydrogens is 541 g/mol. The quantitative estimate of drug-likeness (QED) is 0.354. The first-order valence-corrected chi connectivity index (χ1v) is 15.4. The first kappa shape index (κ1) is 37.1. The van der Waals surface area contributed by atoms with Gasteiger partial charge in [-0.2, -0.15) is 13.2 Å². The average molecular weight is 593 g/mol. The van der Waals surface area contributed by atoms with Gasteiger partial charge in [0.2, 0.25) is 11.8 Å². The normalized spacial score (nSPS) is 19.4. The van der Waals surface area contributed by atoms with Gasteiger partial charge in [0.1, 0.15) is 5.54 Å². The number of carbonyl (C=O) groups excluding carboxylic acids is 2. The Morgan fingerprint density at radius 3 is 2.12 bits per heavy atom. The second-order valence-electron chi connectivity index (χ2n) is 10.7. The number of rotatable bonds is 6. The van der Waals surface area contributed by atoms with Gasteiger partial charge in [-0.25, -0.2) is 0 Å². The molecule has 2 atom stereocenters. The number of alkyl halides is 3. The number of likely N-dealkylation sites (tertiary alicyclic amines) is 1. The summed E-state index contributed by atoms with van der Waals surface area (Å²) in [6.07, 6.45) is 4.22. The van der Waals surface area contributed by atoms with Gasteiger partial charge in [-0.3, -0.25) is 19.9 Å². The van der Waals surface area contributed by atoms with Crippen molar-refractivity contribution in [3.05, 3.63) is 52.8 Å². The van der Waals surface area contributed by atoms with Crippen molar-refractivity contribution in [3.63, 3.8) is 0 Å². The SMILES string of the molecule is CC.CCCC.CCCCC.Cc1cc(-c2cc(C(F)(F)F)ccc2C(N)=O)cc(C2CC[C@]3(CCN(C)C3=O)N2)n1. The Kier molecular flexibility index (Phi) is 15.2. The van der Waals surface area contributed by atoms with E-state index in [2.05, 4.69) is 38.0 Å². The molecule has 2 aliphatic rings. The zero-order valence-electron chi connectivity index (χ0n) is 26.8. The van der Waals surface area contributed by atoms with Crippen molar-refractivity contribution in [2.75, 3.05) is 13.6 Å². The summed E-state index contributed by atoms with van der Waals surface area (Å²) in [5, 5.41) is 3.42. The lowest BCUT2D eigenvalue weighted by atomic mass is 9.95. The standard InChI is InChI=1S/C22H23F3N4O2.C5H12.C4H10.C2H6/c1-12-9-13(16-11-14(22(23,24)25)3-4-15(16)19(26)30)10-18(27-12)17-5-6-21(28-17)7-8-29(2)20(21)31;1-3-5-4-2;1-3-4-2;1-2/h3-4,9-11,17,28H,5-8H2,1-2H3,(H2,26,30);3-5H2,1-2H3;3-4H2,1-2H3;1-2H3/t17?,21-;;;/m1.../s1. The third kappa shape index (κ3) is 9.82. The number of carbonyl (C=O) groups is 2. The fraction of sp³-hybridized carbons (Fsp3) is 0.606. The Labute approximate surface area is 250 Å². The van der Waals surface area contributed by atoms with Gasteiger partial charge in [-0.05, 0) is 67.6 Å². The summed E-state index contributed by atoms with van der Waals surface area (Å²) in [4.78, 5) is 30.7. The van der Waals surface area contributed by atoms with E-state index in [0.717, 1.165) is 18.2 Å². The molecule has 2 amide bonds. The van der Waals surface area contributed by atoms with Crippen molar-refractivity contribution >= 4 is 11.8 Å². The zero-order chi connectivity index (χ0) is 32.1. The number of hydrogen-bond donors (Lipinski definition) is 2. The Bertz CT molecular complexity index is 1150. The van der Waals surface area contributed by atoms with Crippen LogP contribution in [0.1, 0.15) is 126 Å². The molecule has 2 aliphatic heterocycles. The van der Waals surface area contributed by atoms with Crippen molar-refractivity contribution in [2.24, 2.45) is 5.73 Å². The van der Waals surface area contributed by atoms with Crippen LogP contribution in [0.25, 0.3) is 11.1 Å². The lowest BCUT2D eigenvalue weighted by Crippen LogP contribution is -2.47. The van der Waals surface area contributed by atoms with Gasteiger partial charge in [-0.1, -0.05) is 73.6 Å². The van der Waals surface area contributed by atoms with E-state index in [4.69, 9.17) is 5.73 Å². The van der Waals surface area contributed by atoms with Gasteiger partial charge >= 0.3 is 6.18 Å². The maximum Gasteiger partial charge on any atom is 0.416 e. The zero-order valence-corrected chi connectivity index (χ0v) is 26.8. The van der Waals surface area contributed by atoms with Crippen LogP contribution in [0.15, 0.2) is 30.3 Å². The maximum atomic E-state index is 13.3. The van der Waals surface area contributed by atoms with E-state index in [9.17, 15) is 22.8 Å². The van der Waals surface area contributed by atoms with Crippen LogP contribution >= 0.6 is 0 Å². The van der Waals surface area contributed by atoms with Crippen LogP contribution in [0, 0.1) is 6.92 Å². The number of aryl methyl sites for hydroxylation is 1. The Balaban J connectivity index is 0.000000694. The molecule has 0 radical (unpaired) electrons. The average Bonchev–Trinajstić information content (AvgIpc) is 3.53. The number of benzene rings is 1. The lowest BCUT2D eigenvalue weighted by molar-refractivity contribution is -0.137. The fourth-order valence-electron chi connectivity index (χ4n) is 4.94. The molecular formula is C33H51F3N4O2. The molecule has 3 heterocycles. The number of unbranched alkanes of at least 4 members (excludes halogenated alkanes) is 3. The number of halogens is 3. The van der Waals surface area contributed by atoms with Crippen LogP contribution in [-0.4, -0.2) is 40.8 Å². The second-order valence-corrected chi connectivity index (χ2v) is 10.7. The van der Waals surface area contributed by atoms with Crippen LogP contribution in [0.5, 0.6) is 0 Å².